The molecule has 5 nitrogen and oxygen atoms in total. The van der Waals surface area contributed by atoms with Crippen molar-refractivity contribution in [1.29, 1.82) is 0 Å². The minimum absolute atomic E-state index is 0.315. The molecular formula is C13H15N3O2. The number of para-hydroxylation sites is 1. The molecule has 1 atom stereocenters. The van der Waals surface area contributed by atoms with E-state index in [1.165, 1.54) is 0 Å². The molecule has 1 unspecified atom stereocenters. The number of nitrogens with zero attached hydrogens (tertiary/aromatic N) is 3. The first kappa shape index (κ1) is 11.2. The summed E-state index contributed by atoms with van der Waals surface area (Å²) in [6.45, 7) is 0.525. The van der Waals surface area contributed by atoms with Gasteiger partial charge in [0.1, 0.15) is 11.6 Å². The molecule has 1 aliphatic rings. The first-order chi connectivity index (χ1) is 8.78. The van der Waals surface area contributed by atoms with Gasteiger partial charge in [-0.05, 0) is 18.6 Å². The highest BCUT2D eigenvalue weighted by Crippen LogP contribution is 2.28. The van der Waals surface area contributed by atoms with Crippen LogP contribution in [0.15, 0.2) is 24.3 Å². The molecule has 0 radical (unpaired) electrons. The van der Waals surface area contributed by atoms with Crippen molar-refractivity contribution in [1.82, 2.24) is 14.8 Å². The number of hydrogen-bond donors (Lipinski definition) is 1. The second kappa shape index (κ2) is 4.42. The topological polar surface area (TPSA) is 60.2 Å². The van der Waals surface area contributed by atoms with E-state index in [0.29, 0.717) is 12.4 Å². The number of ether oxygens (including phenoxy) is 1. The number of methoxy groups -OCH3 is 1. The number of aromatic nitrogens is 3. The zero-order valence-corrected chi connectivity index (χ0v) is 10.2. The Morgan fingerprint density at radius 3 is 3.06 bits per heavy atom. The third-order valence-corrected chi connectivity index (χ3v) is 3.18. The van der Waals surface area contributed by atoms with Gasteiger partial charge in [-0.3, -0.25) is 0 Å². The van der Waals surface area contributed by atoms with E-state index in [0.717, 1.165) is 30.0 Å². The first-order valence-corrected chi connectivity index (χ1v) is 6.03. The quantitative estimate of drug-likeness (QED) is 0.865. The number of hydrogen-bond acceptors (Lipinski definition) is 4. The molecule has 0 saturated heterocycles. The Morgan fingerprint density at radius 2 is 2.22 bits per heavy atom. The summed E-state index contributed by atoms with van der Waals surface area (Å²) in [5.74, 6) is 2.36. The van der Waals surface area contributed by atoms with Gasteiger partial charge in [-0.2, -0.15) is 5.10 Å². The molecule has 1 aromatic carbocycles. The summed E-state index contributed by atoms with van der Waals surface area (Å²) in [4.78, 5) is 4.52. The van der Waals surface area contributed by atoms with Crippen LogP contribution in [0.4, 0.5) is 0 Å². The molecular weight excluding hydrogens is 230 g/mol. The largest absolute Gasteiger partial charge is 0.496 e. The van der Waals surface area contributed by atoms with Gasteiger partial charge in [0.2, 0.25) is 0 Å². The van der Waals surface area contributed by atoms with Crippen molar-refractivity contribution < 1.29 is 9.84 Å². The normalized spacial score (nSPS) is 18.4. The summed E-state index contributed by atoms with van der Waals surface area (Å²) in [6.07, 6.45) is 1.21. The fourth-order valence-electron chi connectivity index (χ4n) is 2.24. The zero-order chi connectivity index (χ0) is 12.5. The molecule has 2 aromatic rings. The van der Waals surface area contributed by atoms with Crippen molar-refractivity contribution in [3.05, 3.63) is 30.1 Å². The number of fused-ring (bicyclic) bond motifs is 1. The first-order valence-electron chi connectivity index (χ1n) is 6.03. The highest BCUT2D eigenvalue weighted by atomic mass is 16.5. The van der Waals surface area contributed by atoms with Crippen LogP contribution in [0.2, 0.25) is 0 Å². The maximum Gasteiger partial charge on any atom is 0.185 e. The van der Waals surface area contributed by atoms with Crippen molar-refractivity contribution >= 4 is 0 Å². The Morgan fingerprint density at radius 1 is 1.39 bits per heavy atom. The summed E-state index contributed by atoms with van der Waals surface area (Å²) in [7, 11) is 1.64. The van der Waals surface area contributed by atoms with E-state index in [9.17, 15) is 5.11 Å². The lowest BCUT2D eigenvalue weighted by Crippen LogP contribution is -2.25. The number of aliphatic hydroxyl groups excluding tert-OH is 1. The monoisotopic (exact) mass is 245 g/mol. The van der Waals surface area contributed by atoms with Crippen molar-refractivity contribution in [2.45, 2.75) is 25.5 Å². The smallest absolute Gasteiger partial charge is 0.185 e. The summed E-state index contributed by atoms with van der Waals surface area (Å²) in [6, 6.07) is 7.69. The van der Waals surface area contributed by atoms with Crippen LogP contribution >= 0.6 is 0 Å². The summed E-state index contributed by atoms with van der Waals surface area (Å²) in [5, 5.41) is 14.1. The van der Waals surface area contributed by atoms with Crippen LogP contribution in [0.1, 0.15) is 12.2 Å². The van der Waals surface area contributed by atoms with E-state index in [2.05, 4.69) is 10.1 Å². The predicted octanol–water partition coefficient (Wildman–Crippen LogP) is 1.26. The number of aliphatic hydroxyl groups is 1. The van der Waals surface area contributed by atoms with Crippen molar-refractivity contribution in [3.8, 4) is 17.1 Å². The lowest BCUT2D eigenvalue weighted by molar-refractivity contribution is 0.124. The van der Waals surface area contributed by atoms with Gasteiger partial charge in [0.25, 0.3) is 0 Å². The molecule has 2 heterocycles. The van der Waals surface area contributed by atoms with Crippen LogP contribution in [-0.2, 0) is 13.0 Å². The van der Waals surface area contributed by atoms with Crippen LogP contribution in [0.25, 0.3) is 11.4 Å². The van der Waals surface area contributed by atoms with Gasteiger partial charge >= 0.3 is 0 Å². The van der Waals surface area contributed by atoms with E-state index in [4.69, 9.17) is 4.74 Å². The molecule has 0 amide bonds. The number of benzene rings is 1. The van der Waals surface area contributed by atoms with Crippen molar-refractivity contribution in [2.24, 2.45) is 0 Å². The fourth-order valence-corrected chi connectivity index (χ4v) is 2.24. The van der Waals surface area contributed by atoms with Crippen LogP contribution in [0, 0.1) is 0 Å². The third kappa shape index (κ3) is 1.86. The van der Waals surface area contributed by atoms with Crippen LogP contribution < -0.4 is 4.74 Å². The van der Waals surface area contributed by atoms with Crippen molar-refractivity contribution in [3.63, 3.8) is 0 Å². The lowest BCUT2D eigenvalue weighted by atomic mass is 10.1. The van der Waals surface area contributed by atoms with Crippen LogP contribution in [0.5, 0.6) is 5.75 Å². The standard InChI is InChI=1S/C13H15N3O2/c1-18-11-5-3-2-4-10(11)13-14-12-7-6-9(17)8-16(12)15-13/h2-5,9,17H,6-8H2,1H3. The summed E-state index contributed by atoms with van der Waals surface area (Å²) < 4.78 is 7.10. The van der Waals surface area contributed by atoms with E-state index in [1.807, 2.05) is 24.3 Å². The molecule has 1 aliphatic heterocycles. The maximum atomic E-state index is 9.62. The Balaban J connectivity index is 2.02. The fraction of sp³-hybridized carbons (Fsp3) is 0.385. The molecule has 94 valence electrons. The van der Waals surface area contributed by atoms with Gasteiger partial charge < -0.3 is 9.84 Å². The van der Waals surface area contributed by atoms with Gasteiger partial charge in [-0.25, -0.2) is 9.67 Å². The number of aryl methyl sites for hydroxylation is 1. The molecule has 0 fully saturated rings. The minimum atomic E-state index is -0.315. The molecule has 0 aliphatic carbocycles. The molecule has 18 heavy (non-hydrogen) atoms. The van der Waals surface area contributed by atoms with Gasteiger partial charge in [0.05, 0.1) is 25.3 Å². The Labute approximate surface area is 105 Å². The average molecular weight is 245 g/mol. The maximum absolute atomic E-state index is 9.62. The van der Waals surface area contributed by atoms with Crippen molar-refractivity contribution in [2.75, 3.05) is 7.11 Å². The van der Waals surface area contributed by atoms with Gasteiger partial charge in [-0.15, -0.1) is 0 Å². The molecule has 5 heteroatoms. The van der Waals surface area contributed by atoms with Crippen LogP contribution in [-0.4, -0.2) is 33.1 Å². The summed E-state index contributed by atoms with van der Waals surface area (Å²) in [5.41, 5.74) is 0.886. The van der Waals surface area contributed by atoms with Gasteiger partial charge in [0, 0.05) is 6.42 Å². The minimum Gasteiger partial charge on any atom is -0.496 e. The third-order valence-electron chi connectivity index (χ3n) is 3.18. The van der Waals surface area contributed by atoms with Gasteiger partial charge in [-0.1, -0.05) is 12.1 Å². The van der Waals surface area contributed by atoms with E-state index in [-0.39, 0.29) is 6.10 Å². The molecule has 0 saturated carbocycles. The Kier molecular flexibility index (Phi) is 2.76. The summed E-state index contributed by atoms with van der Waals surface area (Å²) >= 11 is 0. The lowest BCUT2D eigenvalue weighted by Gasteiger charge is -2.16. The predicted molar refractivity (Wildman–Crippen MR) is 66.3 cm³/mol. The molecule has 1 aromatic heterocycles. The SMILES string of the molecule is COc1ccccc1-c1nc2n(n1)CC(O)CC2. The van der Waals surface area contributed by atoms with E-state index >= 15 is 0 Å². The highest BCUT2D eigenvalue weighted by molar-refractivity contribution is 5.63. The van der Waals surface area contributed by atoms with Gasteiger partial charge in [0.15, 0.2) is 5.82 Å². The molecule has 0 spiro atoms. The van der Waals surface area contributed by atoms with E-state index in [1.54, 1.807) is 11.8 Å². The molecule has 0 bridgehead atoms. The second-order valence-electron chi connectivity index (χ2n) is 4.43. The second-order valence-corrected chi connectivity index (χ2v) is 4.43. The Bertz CT molecular complexity index is 565. The Hall–Kier alpha value is -1.88. The van der Waals surface area contributed by atoms with Crippen LogP contribution in [0.3, 0.4) is 0 Å². The zero-order valence-electron chi connectivity index (χ0n) is 10.2. The van der Waals surface area contributed by atoms with E-state index < -0.39 is 0 Å². The molecule has 3 rings (SSSR count). The molecule has 1 N–H and O–H groups in total. The average Bonchev–Trinajstić information content (AvgIpc) is 2.81. The number of rotatable bonds is 2. The highest BCUT2D eigenvalue weighted by Gasteiger charge is 2.21.